The fraction of sp³-hybridized carbons (Fsp3) is 0.562. The summed E-state index contributed by atoms with van der Waals surface area (Å²) in [7, 11) is 0. The minimum Gasteiger partial charge on any atom is -0.368 e. The van der Waals surface area contributed by atoms with Gasteiger partial charge in [-0.2, -0.15) is 0 Å². The average Bonchev–Trinajstić information content (AvgIpc) is 2.46. The van der Waals surface area contributed by atoms with E-state index in [1.165, 1.54) is 38.5 Å². The van der Waals surface area contributed by atoms with Gasteiger partial charge < -0.3 is 4.90 Å². The molecule has 18 heavy (non-hydrogen) atoms. The Hall–Kier alpha value is -1.31. The lowest BCUT2D eigenvalue weighted by Crippen LogP contribution is -2.47. The summed E-state index contributed by atoms with van der Waals surface area (Å²) < 4.78 is 0. The van der Waals surface area contributed by atoms with E-state index in [0.29, 0.717) is 6.04 Å². The van der Waals surface area contributed by atoms with Crippen molar-refractivity contribution in [3.05, 3.63) is 29.8 Å². The van der Waals surface area contributed by atoms with Gasteiger partial charge in [0.2, 0.25) is 0 Å². The van der Waals surface area contributed by atoms with Gasteiger partial charge in [-0.15, -0.1) is 0 Å². The third kappa shape index (κ3) is 2.05. The maximum Gasteiger partial charge on any atom is 0.152 e. The first-order valence-corrected chi connectivity index (χ1v) is 7.21. The summed E-state index contributed by atoms with van der Waals surface area (Å²) in [5.41, 5.74) is 2.01. The van der Waals surface area contributed by atoms with Crippen molar-refractivity contribution in [2.45, 2.75) is 44.6 Å². The van der Waals surface area contributed by atoms with Crippen LogP contribution in [0.2, 0.25) is 0 Å². The first-order chi connectivity index (χ1) is 8.90. The number of aldehydes is 1. The number of nitrogens with zero attached hydrogens (tertiary/aromatic N) is 1. The van der Waals surface area contributed by atoms with E-state index >= 15 is 0 Å². The quantitative estimate of drug-likeness (QED) is 0.739. The summed E-state index contributed by atoms with van der Waals surface area (Å²) in [4.78, 5) is 13.7. The van der Waals surface area contributed by atoms with Gasteiger partial charge in [-0.25, -0.2) is 0 Å². The highest BCUT2D eigenvalue weighted by atomic mass is 16.1. The van der Waals surface area contributed by atoms with Crippen molar-refractivity contribution in [3.63, 3.8) is 0 Å². The molecule has 2 aliphatic rings. The second kappa shape index (κ2) is 5.13. The molecule has 1 aliphatic heterocycles. The lowest BCUT2D eigenvalue weighted by Gasteiger charge is -2.45. The number of piperidine rings is 1. The Morgan fingerprint density at radius 3 is 2.72 bits per heavy atom. The topological polar surface area (TPSA) is 20.3 Å². The fourth-order valence-electron chi connectivity index (χ4n) is 3.77. The summed E-state index contributed by atoms with van der Waals surface area (Å²) in [6.45, 7) is 1.12. The molecule has 0 unspecified atom stereocenters. The number of carbonyl (C=O) groups is 1. The number of fused-ring (bicyclic) bond motifs is 1. The minimum absolute atomic E-state index is 0.675. The molecule has 3 rings (SSSR count). The van der Waals surface area contributed by atoms with Gasteiger partial charge in [0.1, 0.15) is 0 Å². The van der Waals surface area contributed by atoms with E-state index in [1.54, 1.807) is 0 Å². The van der Waals surface area contributed by atoms with Crippen LogP contribution in [0.1, 0.15) is 48.9 Å². The van der Waals surface area contributed by atoms with Crippen LogP contribution in [0, 0.1) is 5.92 Å². The molecule has 1 heterocycles. The zero-order chi connectivity index (χ0) is 12.4. The van der Waals surface area contributed by atoms with E-state index in [4.69, 9.17) is 0 Å². The van der Waals surface area contributed by atoms with Crippen molar-refractivity contribution in [1.82, 2.24) is 0 Å². The van der Waals surface area contributed by atoms with Crippen molar-refractivity contribution in [2.24, 2.45) is 5.92 Å². The maximum absolute atomic E-state index is 11.2. The zero-order valence-electron chi connectivity index (χ0n) is 10.8. The van der Waals surface area contributed by atoms with E-state index in [2.05, 4.69) is 17.0 Å². The third-order valence-corrected chi connectivity index (χ3v) is 4.62. The molecule has 0 amide bonds. The molecule has 2 nitrogen and oxygen atoms in total. The molecule has 1 aromatic rings. The second-order valence-electron chi connectivity index (χ2n) is 5.62. The smallest absolute Gasteiger partial charge is 0.152 e. The Labute approximate surface area is 109 Å². The summed E-state index contributed by atoms with van der Waals surface area (Å²) in [6.07, 6.45) is 9.08. The normalized spacial score (nSPS) is 27.7. The summed E-state index contributed by atoms with van der Waals surface area (Å²) >= 11 is 0. The lowest BCUT2D eigenvalue weighted by molar-refractivity contribution is 0.112. The molecular weight excluding hydrogens is 222 g/mol. The van der Waals surface area contributed by atoms with Crippen LogP contribution in [0.5, 0.6) is 0 Å². The highest BCUT2D eigenvalue weighted by molar-refractivity contribution is 5.84. The molecular formula is C16H21NO. The lowest BCUT2D eigenvalue weighted by atomic mass is 9.78. The Kier molecular flexibility index (Phi) is 3.35. The van der Waals surface area contributed by atoms with Crippen LogP contribution < -0.4 is 4.90 Å². The van der Waals surface area contributed by atoms with Gasteiger partial charge in [-0.05, 0) is 43.7 Å². The van der Waals surface area contributed by atoms with Gasteiger partial charge in [0.25, 0.3) is 0 Å². The van der Waals surface area contributed by atoms with Crippen molar-refractivity contribution < 1.29 is 4.79 Å². The van der Waals surface area contributed by atoms with E-state index in [0.717, 1.165) is 30.0 Å². The van der Waals surface area contributed by atoms with Gasteiger partial charge in [0, 0.05) is 23.8 Å². The zero-order valence-corrected chi connectivity index (χ0v) is 10.8. The standard InChI is InChI=1S/C16H21NO/c18-12-14-7-2-4-10-16(14)17-11-5-8-13-6-1-3-9-15(13)17/h2,4,7,10,12-13,15H,1,3,5-6,8-9,11H2/t13-,15-/m1/s1. The van der Waals surface area contributed by atoms with E-state index in [-0.39, 0.29) is 0 Å². The summed E-state index contributed by atoms with van der Waals surface area (Å²) in [5, 5.41) is 0. The van der Waals surface area contributed by atoms with Gasteiger partial charge in [0.15, 0.2) is 6.29 Å². The largest absolute Gasteiger partial charge is 0.368 e. The molecule has 96 valence electrons. The highest BCUT2D eigenvalue weighted by Gasteiger charge is 2.33. The fourth-order valence-corrected chi connectivity index (χ4v) is 3.77. The van der Waals surface area contributed by atoms with Gasteiger partial charge in [-0.1, -0.05) is 25.0 Å². The van der Waals surface area contributed by atoms with Gasteiger partial charge in [0.05, 0.1) is 0 Å². The van der Waals surface area contributed by atoms with Crippen LogP contribution in [-0.4, -0.2) is 18.9 Å². The second-order valence-corrected chi connectivity index (χ2v) is 5.62. The predicted octanol–water partition coefficient (Wildman–Crippen LogP) is 3.66. The molecule has 2 fully saturated rings. The average molecular weight is 243 g/mol. The minimum atomic E-state index is 0.675. The van der Waals surface area contributed by atoms with Crippen molar-refractivity contribution in [3.8, 4) is 0 Å². The SMILES string of the molecule is O=Cc1ccccc1N1CCC[C@H]2CCCC[C@H]21. The molecule has 0 spiro atoms. The van der Waals surface area contributed by atoms with Crippen molar-refractivity contribution >= 4 is 12.0 Å². The molecule has 0 bridgehead atoms. The molecule has 0 N–H and O–H groups in total. The number of benzene rings is 1. The number of rotatable bonds is 2. The Morgan fingerprint density at radius 2 is 1.83 bits per heavy atom. The molecule has 1 saturated heterocycles. The number of carbonyl (C=O) groups excluding carboxylic acids is 1. The predicted molar refractivity (Wildman–Crippen MR) is 74.2 cm³/mol. The maximum atomic E-state index is 11.2. The molecule has 2 heteroatoms. The number of hydrogen-bond donors (Lipinski definition) is 0. The van der Waals surface area contributed by atoms with Crippen LogP contribution in [0.15, 0.2) is 24.3 Å². The van der Waals surface area contributed by atoms with E-state index in [1.807, 2.05) is 12.1 Å². The monoisotopic (exact) mass is 243 g/mol. The molecule has 1 saturated carbocycles. The molecule has 2 atom stereocenters. The van der Waals surface area contributed by atoms with E-state index in [9.17, 15) is 4.79 Å². The first-order valence-electron chi connectivity index (χ1n) is 7.21. The number of para-hydroxylation sites is 1. The Bertz CT molecular complexity index is 427. The number of hydrogen-bond acceptors (Lipinski definition) is 2. The molecule has 0 aromatic heterocycles. The van der Waals surface area contributed by atoms with Crippen LogP contribution in [-0.2, 0) is 0 Å². The summed E-state index contributed by atoms with van der Waals surface area (Å²) in [5.74, 6) is 0.854. The molecule has 1 aromatic carbocycles. The Morgan fingerprint density at radius 1 is 1.06 bits per heavy atom. The van der Waals surface area contributed by atoms with Crippen LogP contribution in [0.4, 0.5) is 5.69 Å². The molecule has 1 aliphatic carbocycles. The van der Waals surface area contributed by atoms with Crippen LogP contribution in [0.3, 0.4) is 0 Å². The van der Waals surface area contributed by atoms with Crippen LogP contribution in [0.25, 0.3) is 0 Å². The first kappa shape index (κ1) is 11.8. The number of anilines is 1. The Balaban J connectivity index is 1.91. The van der Waals surface area contributed by atoms with Crippen LogP contribution >= 0.6 is 0 Å². The molecule has 0 radical (unpaired) electrons. The van der Waals surface area contributed by atoms with Crippen molar-refractivity contribution in [2.75, 3.05) is 11.4 Å². The van der Waals surface area contributed by atoms with E-state index < -0.39 is 0 Å². The summed E-state index contributed by atoms with van der Waals surface area (Å²) in [6, 6.07) is 8.73. The third-order valence-electron chi connectivity index (χ3n) is 4.62. The highest BCUT2D eigenvalue weighted by Crippen LogP contribution is 2.38. The van der Waals surface area contributed by atoms with Crippen molar-refractivity contribution in [1.29, 1.82) is 0 Å². The van der Waals surface area contributed by atoms with Gasteiger partial charge >= 0.3 is 0 Å². The van der Waals surface area contributed by atoms with Gasteiger partial charge in [-0.3, -0.25) is 4.79 Å².